The third-order valence-corrected chi connectivity index (χ3v) is 7.77. The van der Waals surface area contributed by atoms with Crippen LogP contribution in [0.3, 0.4) is 0 Å². The molecule has 0 atom stereocenters. The normalized spacial score (nSPS) is 13.3. The van der Waals surface area contributed by atoms with Gasteiger partial charge in [0.15, 0.2) is 0 Å². The summed E-state index contributed by atoms with van der Waals surface area (Å²) in [6, 6.07) is 36.5. The van der Waals surface area contributed by atoms with Crippen molar-refractivity contribution in [2.75, 3.05) is 36.0 Å². The van der Waals surface area contributed by atoms with Gasteiger partial charge in [-0.25, -0.2) is 0 Å². The van der Waals surface area contributed by atoms with E-state index in [1.807, 2.05) is 0 Å². The van der Waals surface area contributed by atoms with E-state index in [4.69, 9.17) is 0 Å². The summed E-state index contributed by atoms with van der Waals surface area (Å²) in [5.41, 5.74) is 10.3. The Morgan fingerprint density at radius 2 is 0.886 bits per heavy atom. The van der Waals surface area contributed by atoms with Crippen LogP contribution in [-0.2, 0) is 5.41 Å². The maximum absolute atomic E-state index is 2.44. The molecule has 2 nitrogen and oxygen atoms in total. The molecule has 0 amide bonds. The third-order valence-electron chi connectivity index (χ3n) is 7.77. The van der Waals surface area contributed by atoms with Crippen LogP contribution < -0.4 is 9.80 Å². The minimum absolute atomic E-state index is 0.362. The molecule has 178 valence electrons. The second-order valence-corrected chi connectivity index (χ2v) is 9.29. The minimum Gasteiger partial charge on any atom is -0.372 e. The van der Waals surface area contributed by atoms with Crippen molar-refractivity contribution in [2.24, 2.45) is 0 Å². The molecule has 4 aromatic carbocycles. The average molecular weight is 461 g/mol. The Morgan fingerprint density at radius 3 is 1.29 bits per heavy atom. The van der Waals surface area contributed by atoms with Crippen molar-refractivity contribution in [1.82, 2.24) is 0 Å². The standard InChI is InChI=1S/C33H36N2/c1-5-34(6-2)27-17-13-15-25(23-27)33(26-16-14-18-28(24-26)35(7-3)8-4)31-21-11-9-19-29(31)30-20-10-12-22-32(30)33/h9-24H,5-8H2,1-4H3. The molecule has 4 aromatic rings. The quantitative estimate of drug-likeness (QED) is 0.234. The van der Waals surface area contributed by atoms with Gasteiger partial charge in [0.05, 0.1) is 5.41 Å². The minimum atomic E-state index is -0.362. The number of anilines is 2. The first-order valence-electron chi connectivity index (χ1n) is 13.1. The van der Waals surface area contributed by atoms with Gasteiger partial charge in [0.1, 0.15) is 0 Å². The number of fused-ring (bicyclic) bond motifs is 3. The van der Waals surface area contributed by atoms with Gasteiger partial charge in [-0.1, -0.05) is 72.8 Å². The molecule has 5 rings (SSSR count). The smallest absolute Gasteiger partial charge is 0.0715 e. The maximum Gasteiger partial charge on any atom is 0.0715 e. The molecule has 0 fully saturated rings. The number of hydrogen-bond acceptors (Lipinski definition) is 2. The molecule has 0 unspecified atom stereocenters. The monoisotopic (exact) mass is 460 g/mol. The first-order chi connectivity index (χ1) is 17.2. The lowest BCUT2D eigenvalue weighted by Crippen LogP contribution is -2.30. The number of nitrogens with zero attached hydrogens (tertiary/aromatic N) is 2. The van der Waals surface area contributed by atoms with E-state index in [2.05, 4.69) is 135 Å². The van der Waals surface area contributed by atoms with Crippen LogP contribution >= 0.6 is 0 Å². The van der Waals surface area contributed by atoms with Crippen molar-refractivity contribution in [3.05, 3.63) is 119 Å². The highest BCUT2D eigenvalue weighted by atomic mass is 15.1. The topological polar surface area (TPSA) is 6.48 Å². The molecular weight excluding hydrogens is 424 g/mol. The lowest BCUT2D eigenvalue weighted by molar-refractivity contribution is 0.762. The first-order valence-corrected chi connectivity index (χ1v) is 13.1. The Hall–Kier alpha value is -3.52. The van der Waals surface area contributed by atoms with Gasteiger partial charge in [0, 0.05) is 37.6 Å². The van der Waals surface area contributed by atoms with Gasteiger partial charge in [-0.2, -0.15) is 0 Å². The molecular formula is C33H36N2. The van der Waals surface area contributed by atoms with Gasteiger partial charge in [-0.05, 0) is 85.3 Å². The fourth-order valence-electron chi connectivity index (χ4n) is 6.07. The lowest BCUT2D eigenvalue weighted by atomic mass is 9.67. The summed E-state index contributed by atoms with van der Waals surface area (Å²) >= 11 is 0. The Balaban J connectivity index is 1.86. The van der Waals surface area contributed by atoms with Crippen LogP contribution in [0.5, 0.6) is 0 Å². The van der Waals surface area contributed by atoms with E-state index in [0.717, 1.165) is 26.2 Å². The zero-order chi connectivity index (χ0) is 24.4. The largest absolute Gasteiger partial charge is 0.372 e. The zero-order valence-electron chi connectivity index (χ0n) is 21.5. The Bertz CT molecular complexity index is 1210. The van der Waals surface area contributed by atoms with Gasteiger partial charge >= 0.3 is 0 Å². The van der Waals surface area contributed by atoms with Crippen molar-refractivity contribution < 1.29 is 0 Å². The number of hydrogen-bond donors (Lipinski definition) is 0. The summed E-state index contributed by atoms with van der Waals surface area (Å²) in [5, 5.41) is 0. The molecule has 0 saturated heterocycles. The predicted octanol–water partition coefficient (Wildman–Crippen LogP) is 7.74. The van der Waals surface area contributed by atoms with E-state index in [1.54, 1.807) is 0 Å². The maximum atomic E-state index is 2.44. The summed E-state index contributed by atoms with van der Waals surface area (Å²) in [4.78, 5) is 4.88. The van der Waals surface area contributed by atoms with Crippen molar-refractivity contribution in [1.29, 1.82) is 0 Å². The molecule has 1 aliphatic rings. The lowest BCUT2D eigenvalue weighted by Gasteiger charge is -2.35. The number of benzene rings is 4. The van der Waals surface area contributed by atoms with Crippen LogP contribution in [0, 0.1) is 0 Å². The average Bonchev–Trinajstić information content (AvgIpc) is 3.22. The van der Waals surface area contributed by atoms with Gasteiger partial charge < -0.3 is 9.80 Å². The van der Waals surface area contributed by atoms with Crippen molar-refractivity contribution in [2.45, 2.75) is 33.1 Å². The Kier molecular flexibility index (Phi) is 6.38. The van der Waals surface area contributed by atoms with Crippen LogP contribution in [0.1, 0.15) is 49.9 Å². The summed E-state index contributed by atoms with van der Waals surface area (Å²) in [6.45, 7) is 12.9. The molecule has 0 N–H and O–H groups in total. The highest BCUT2D eigenvalue weighted by Gasteiger charge is 2.46. The second-order valence-electron chi connectivity index (χ2n) is 9.29. The molecule has 1 aliphatic carbocycles. The van der Waals surface area contributed by atoms with E-state index >= 15 is 0 Å². The predicted molar refractivity (Wildman–Crippen MR) is 151 cm³/mol. The molecule has 0 radical (unpaired) electrons. The van der Waals surface area contributed by atoms with E-state index in [9.17, 15) is 0 Å². The molecule has 0 saturated carbocycles. The summed E-state index contributed by atoms with van der Waals surface area (Å²) < 4.78 is 0. The summed E-state index contributed by atoms with van der Waals surface area (Å²) in [6.07, 6.45) is 0. The summed E-state index contributed by atoms with van der Waals surface area (Å²) in [7, 11) is 0. The van der Waals surface area contributed by atoms with Gasteiger partial charge in [0.25, 0.3) is 0 Å². The Labute approximate surface area is 210 Å². The third kappa shape index (κ3) is 3.63. The van der Waals surface area contributed by atoms with Crippen molar-refractivity contribution in [3.8, 4) is 11.1 Å². The molecule has 2 heteroatoms. The highest BCUT2D eigenvalue weighted by molar-refractivity contribution is 5.86. The van der Waals surface area contributed by atoms with E-state index in [1.165, 1.54) is 44.8 Å². The van der Waals surface area contributed by atoms with Crippen molar-refractivity contribution in [3.63, 3.8) is 0 Å². The molecule has 0 aromatic heterocycles. The number of rotatable bonds is 8. The second kappa shape index (κ2) is 9.62. The molecule has 0 heterocycles. The zero-order valence-corrected chi connectivity index (χ0v) is 21.5. The van der Waals surface area contributed by atoms with Crippen LogP contribution in [0.4, 0.5) is 11.4 Å². The van der Waals surface area contributed by atoms with Crippen LogP contribution in [0.2, 0.25) is 0 Å². The molecule has 0 aliphatic heterocycles. The molecule has 0 spiro atoms. The van der Waals surface area contributed by atoms with Gasteiger partial charge in [-0.15, -0.1) is 0 Å². The van der Waals surface area contributed by atoms with Crippen molar-refractivity contribution >= 4 is 11.4 Å². The van der Waals surface area contributed by atoms with Gasteiger partial charge in [-0.3, -0.25) is 0 Å². The highest BCUT2D eigenvalue weighted by Crippen LogP contribution is 2.56. The van der Waals surface area contributed by atoms with Gasteiger partial charge in [0.2, 0.25) is 0 Å². The van der Waals surface area contributed by atoms with Crippen LogP contribution in [-0.4, -0.2) is 26.2 Å². The fourth-order valence-corrected chi connectivity index (χ4v) is 6.07. The SMILES string of the molecule is CCN(CC)c1cccc(C2(c3cccc(N(CC)CC)c3)c3ccccc3-c3ccccc32)c1. The fraction of sp³-hybridized carbons (Fsp3) is 0.273. The summed E-state index contributed by atoms with van der Waals surface area (Å²) in [5.74, 6) is 0. The molecule has 0 bridgehead atoms. The van der Waals surface area contributed by atoms with E-state index < -0.39 is 0 Å². The van der Waals surface area contributed by atoms with Crippen LogP contribution in [0.25, 0.3) is 11.1 Å². The molecule has 35 heavy (non-hydrogen) atoms. The van der Waals surface area contributed by atoms with E-state index in [0.29, 0.717) is 0 Å². The Morgan fingerprint density at radius 1 is 0.486 bits per heavy atom. The van der Waals surface area contributed by atoms with E-state index in [-0.39, 0.29) is 5.41 Å². The first kappa shape index (κ1) is 23.2. The van der Waals surface area contributed by atoms with Crippen LogP contribution in [0.15, 0.2) is 97.1 Å².